The first kappa shape index (κ1) is 13.0. The monoisotopic (exact) mass is 296 g/mol. The van der Waals surface area contributed by atoms with Crippen molar-refractivity contribution in [3.05, 3.63) is 28.5 Å². The van der Waals surface area contributed by atoms with E-state index in [1.807, 2.05) is 12.1 Å². The second-order valence-electron chi connectivity index (χ2n) is 5.12. The molecule has 2 rings (SSSR count). The van der Waals surface area contributed by atoms with Crippen molar-refractivity contribution in [2.75, 3.05) is 6.54 Å². The Labute approximate surface area is 112 Å². The van der Waals surface area contributed by atoms with Crippen molar-refractivity contribution < 1.29 is 0 Å². The molecule has 0 spiro atoms. The van der Waals surface area contributed by atoms with Crippen LogP contribution in [0.2, 0.25) is 0 Å². The highest BCUT2D eigenvalue weighted by Crippen LogP contribution is 2.40. The van der Waals surface area contributed by atoms with E-state index in [1.54, 1.807) is 0 Å². The molecule has 1 aliphatic rings. The Balaban J connectivity index is 1.82. The zero-order valence-electron chi connectivity index (χ0n) is 10.5. The van der Waals surface area contributed by atoms with E-state index in [-0.39, 0.29) is 0 Å². The van der Waals surface area contributed by atoms with E-state index in [2.05, 4.69) is 39.2 Å². The predicted octanol–water partition coefficient (Wildman–Crippen LogP) is 3.90. The van der Waals surface area contributed by atoms with Crippen LogP contribution in [-0.2, 0) is 6.54 Å². The average molecular weight is 297 g/mol. The second kappa shape index (κ2) is 5.96. The lowest BCUT2D eigenvalue weighted by atomic mass is 9.83. The van der Waals surface area contributed by atoms with Crippen molar-refractivity contribution >= 4 is 15.9 Å². The van der Waals surface area contributed by atoms with Crippen LogP contribution in [0.5, 0.6) is 0 Å². The van der Waals surface area contributed by atoms with E-state index in [9.17, 15) is 0 Å². The maximum Gasteiger partial charge on any atom is 0.106 e. The van der Waals surface area contributed by atoms with Crippen LogP contribution in [0.15, 0.2) is 22.8 Å². The summed E-state index contributed by atoms with van der Waals surface area (Å²) in [6.07, 6.45) is 6.89. The maximum atomic E-state index is 4.44. The highest BCUT2D eigenvalue weighted by molar-refractivity contribution is 9.10. The molecule has 17 heavy (non-hydrogen) atoms. The number of halogens is 1. The van der Waals surface area contributed by atoms with Gasteiger partial charge >= 0.3 is 0 Å². The Kier molecular flexibility index (Phi) is 4.57. The lowest BCUT2D eigenvalue weighted by molar-refractivity contribution is 0.268. The van der Waals surface area contributed by atoms with Gasteiger partial charge in [-0.05, 0) is 52.7 Å². The molecule has 0 atom stereocenters. The molecule has 1 heterocycles. The quantitative estimate of drug-likeness (QED) is 0.834. The van der Waals surface area contributed by atoms with Crippen LogP contribution in [0.25, 0.3) is 0 Å². The van der Waals surface area contributed by atoms with Crippen LogP contribution in [0, 0.1) is 5.41 Å². The molecule has 1 aromatic rings. The van der Waals surface area contributed by atoms with Gasteiger partial charge < -0.3 is 5.32 Å². The number of nitrogens with one attached hydrogen (secondary N) is 1. The second-order valence-corrected chi connectivity index (χ2v) is 5.93. The van der Waals surface area contributed by atoms with Gasteiger partial charge in [-0.3, -0.25) is 0 Å². The molecule has 0 bridgehead atoms. The Bertz CT molecular complexity index is 359. The molecule has 1 aliphatic carbocycles. The van der Waals surface area contributed by atoms with Gasteiger partial charge in [0.1, 0.15) is 4.60 Å². The summed E-state index contributed by atoms with van der Waals surface area (Å²) >= 11 is 3.41. The van der Waals surface area contributed by atoms with Crippen molar-refractivity contribution in [2.24, 2.45) is 5.41 Å². The number of nitrogens with zero attached hydrogens (tertiary/aromatic N) is 1. The van der Waals surface area contributed by atoms with Crippen LogP contribution in [0.1, 0.15) is 44.7 Å². The topological polar surface area (TPSA) is 24.9 Å². The molecule has 94 valence electrons. The van der Waals surface area contributed by atoms with Crippen LogP contribution in [0.4, 0.5) is 0 Å². The van der Waals surface area contributed by atoms with Crippen molar-refractivity contribution in [3.63, 3.8) is 0 Å². The summed E-state index contributed by atoms with van der Waals surface area (Å²) in [7, 11) is 0. The summed E-state index contributed by atoms with van der Waals surface area (Å²) < 4.78 is 0.919. The molecule has 0 aromatic carbocycles. The molecule has 1 saturated carbocycles. The van der Waals surface area contributed by atoms with Crippen molar-refractivity contribution in [1.29, 1.82) is 0 Å². The van der Waals surface area contributed by atoms with Gasteiger partial charge in [-0.1, -0.05) is 25.8 Å². The zero-order valence-corrected chi connectivity index (χ0v) is 12.1. The molecule has 0 unspecified atom stereocenters. The first-order valence-electron chi connectivity index (χ1n) is 6.56. The average Bonchev–Trinajstić information content (AvgIpc) is 2.79. The number of hydrogen-bond acceptors (Lipinski definition) is 2. The maximum absolute atomic E-state index is 4.44. The summed E-state index contributed by atoms with van der Waals surface area (Å²) in [5.74, 6) is 0. The van der Waals surface area contributed by atoms with Crippen molar-refractivity contribution in [1.82, 2.24) is 10.3 Å². The summed E-state index contributed by atoms with van der Waals surface area (Å²) in [5, 5.41) is 3.58. The fourth-order valence-electron chi connectivity index (χ4n) is 2.78. The minimum atomic E-state index is 0.562. The van der Waals surface area contributed by atoms with Gasteiger partial charge in [0, 0.05) is 13.1 Å². The van der Waals surface area contributed by atoms with E-state index in [0.717, 1.165) is 23.4 Å². The van der Waals surface area contributed by atoms with Gasteiger partial charge in [0.25, 0.3) is 0 Å². The molecule has 0 amide bonds. The largest absolute Gasteiger partial charge is 0.311 e. The van der Waals surface area contributed by atoms with Crippen molar-refractivity contribution in [2.45, 2.75) is 45.6 Å². The molecule has 1 fully saturated rings. The summed E-state index contributed by atoms with van der Waals surface area (Å²) in [4.78, 5) is 4.44. The Morgan fingerprint density at radius 2 is 2.12 bits per heavy atom. The molecule has 0 saturated heterocycles. The standard InChI is InChI=1S/C14H21BrN2/c1-2-14(8-3-4-9-14)11-16-10-12-6-5-7-13(15)17-12/h5-7,16H,2-4,8-11H2,1H3. The van der Waals surface area contributed by atoms with Gasteiger partial charge in [-0.25, -0.2) is 4.98 Å². The SMILES string of the molecule is CCC1(CNCc2cccc(Br)n2)CCCC1. The third-order valence-corrected chi connectivity index (χ3v) is 4.43. The first-order valence-corrected chi connectivity index (χ1v) is 7.36. The zero-order chi connectivity index (χ0) is 12.1. The molecule has 3 heteroatoms. The highest BCUT2D eigenvalue weighted by atomic mass is 79.9. The Morgan fingerprint density at radius 1 is 1.35 bits per heavy atom. The van der Waals surface area contributed by atoms with Gasteiger partial charge in [-0.15, -0.1) is 0 Å². The molecule has 0 radical (unpaired) electrons. The van der Waals surface area contributed by atoms with E-state index >= 15 is 0 Å². The fraction of sp³-hybridized carbons (Fsp3) is 0.643. The predicted molar refractivity (Wildman–Crippen MR) is 74.8 cm³/mol. The van der Waals surface area contributed by atoms with E-state index in [4.69, 9.17) is 0 Å². The Morgan fingerprint density at radius 3 is 2.76 bits per heavy atom. The molecular formula is C14H21BrN2. The van der Waals surface area contributed by atoms with E-state index in [0.29, 0.717) is 5.41 Å². The van der Waals surface area contributed by atoms with E-state index in [1.165, 1.54) is 32.1 Å². The number of rotatable bonds is 5. The normalized spacial score (nSPS) is 18.5. The number of hydrogen-bond donors (Lipinski definition) is 1. The van der Waals surface area contributed by atoms with Crippen LogP contribution in [0.3, 0.4) is 0 Å². The molecule has 1 aromatic heterocycles. The summed E-state index contributed by atoms with van der Waals surface area (Å²) in [6.45, 7) is 4.34. The lowest BCUT2D eigenvalue weighted by Crippen LogP contribution is -2.31. The molecular weight excluding hydrogens is 276 g/mol. The van der Waals surface area contributed by atoms with Gasteiger partial charge in [0.15, 0.2) is 0 Å². The molecule has 2 nitrogen and oxygen atoms in total. The van der Waals surface area contributed by atoms with Gasteiger partial charge in [-0.2, -0.15) is 0 Å². The lowest BCUT2D eigenvalue weighted by Gasteiger charge is -2.27. The Hall–Kier alpha value is -0.410. The van der Waals surface area contributed by atoms with Gasteiger partial charge in [0.2, 0.25) is 0 Å². The smallest absolute Gasteiger partial charge is 0.106 e. The summed E-state index contributed by atoms with van der Waals surface area (Å²) in [5.41, 5.74) is 1.68. The third-order valence-electron chi connectivity index (χ3n) is 3.99. The van der Waals surface area contributed by atoms with Crippen LogP contribution < -0.4 is 5.32 Å². The van der Waals surface area contributed by atoms with Crippen LogP contribution >= 0.6 is 15.9 Å². The van der Waals surface area contributed by atoms with Crippen molar-refractivity contribution in [3.8, 4) is 0 Å². The number of aromatic nitrogens is 1. The fourth-order valence-corrected chi connectivity index (χ4v) is 3.17. The third kappa shape index (κ3) is 3.52. The highest BCUT2D eigenvalue weighted by Gasteiger charge is 2.31. The van der Waals surface area contributed by atoms with E-state index < -0.39 is 0 Å². The minimum Gasteiger partial charge on any atom is -0.311 e. The summed E-state index contributed by atoms with van der Waals surface area (Å²) in [6, 6.07) is 6.08. The van der Waals surface area contributed by atoms with Crippen LogP contribution in [-0.4, -0.2) is 11.5 Å². The number of pyridine rings is 1. The molecule has 0 aliphatic heterocycles. The minimum absolute atomic E-state index is 0.562. The van der Waals surface area contributed by atoms with Gasteiger partial charge in [0.05, 0.1) is 5.69 Å². The molecule has 1 N–H and O–H groups in total. The first-order chi connectivity index (χ1) is 8.24.